The number of aryl methyl sites for hydroxylation is 2. The van der Waals surface area contributed by atoms with Gasteiger partial charge in [-0.15, -0.1) is 11.6 Å². The Hall–Kier alpha value is -1.82. The Balaban J connectivity index is 1.82. The zero-order valence-corrected chi connectivity index (χ0v) is 35.9. The van der Waals surface area contributed by atoms with E-state index in [0.29, 0.717) is 35.7 Å². The summed E-state index contributed by atoms with van der Waals surface area (Å²) in [5, 5.41) is 0. The van der Waals surface area contributed by atoms with Crippen molar-refractivity contribution in [1.29, 1.82) is 0 Å². The number of halogens is 1. The molecule has 3 atom stereocenters. The average Bonchev–Trinajstić information content (AvgIpc) is 3.11. The van der Waals surface area contributed by atoms with Crippen LogP contribution in [0.3, 0.4) is 0 Å². The van der Waals surface area contributed by atoms with Gasteiger partial charge in [-0.05, 0) is 107 Å². The Kier molecular flexibility index (Phi) is 15.2. The van der Waals surface area contributed by atoms with Crippen molar-refractivity contribution in [3.8, 4) is 0 Å². The van der Waals surface area contributed by atoms with E-state index in [0.717, 1.165) is 50.5 Å². The van der Waals surface area contributed by atoms with Crippen LogP contribution in [0.25, 0.3) is 0 Å². The number of benzene rings is 3. The number of fused-ring (bicyclic) bond motifs is 2. The predicted octanol–water partition coefficient (Wildman–Crippen LogP) is 11.7. The third kappa shape index (κ3) is 12.1. The fourth-order valence-electron chi connectivity index (χ4n) is 7.91. The highest BCUT2D eigenvalue weighted by Gasteiger charge is 2.51. The molecule has 0 saturated carbocycles. The van der Waals surface area contributed by atoms with Gasteiger partial charge in [-0.3, -0.25) is 0 Å². The van der Waals surface area contributed by atoms with E-state index in [1.165, 1.54) is 27.8 Å². The van der Waals surface area contributed by atoms with E-state index in [1.807, 2.05) is 0 Å². The number of hydrogen-bond donors (Lipinski definition) is 0. The average molecular weight is 754 g/mol. The largest absolute Gasteiger partial charge is 0.493 e. The van der Waals surface area contributed by atoms with Gasteiger partial charge in [0.2, 0.25) is 0 Å². The molecule has 3 aromatic rings. The maximum absolute atomic E-state index is 6.74. The van der Waals surface area contributed by atoms with Gasteiger partial charge in [0.05, 0.1) is 0 Å². The zero-order chi connectivity index (χ0) is 37.3. The molecule has 3 aliphatic heterocycles. The van der Waals surface area contributed by atoms with Crippen LogP contribution < -0.4 is 0 Å². The minimum absolute atomic E-state index is 0.160. The van der Waals surface area contributed by atoms with Crippen LogP contribution in [0.5, 0.6) is 0 Å². The summed E-state index contributed by atoms with van der Waals surface area (Å²) in [7, 11) is 0.714. The molecule has 6 rings (SSSR count). The second-order valence-electron chi connectivity index (χ2n) is 17.0. The number of rotatable bonds is 9. The van der Waals surface area contributed by atoms with Crippen molar-refractivity contribution in [3.05, 3.63) is 106 Å². The van der Waals surface area contributed by atoms with Crippen molar-refractivity contribution < 1.29 is 21.8 Å². The molecule has 0 aromatic heterocycles. The minimum Gasteiger partial charge on any atom is -0.377 e. The Morgan fingerprint density at radius 1 is 0.667 bits per heavy atom. The first-order chi connectivity index (χ1) is 24.2. The van der Waals surface area contributed by atoms with Gasteiger partial charge >= 0.3 is 17.6 Å². The molecule has 0 aliphatic carbocycles. The first-order valence-corrected chi connectivity index (χ1v) is 23.3. The van der Waals surface area contributed by atoms with E-state index in [1.54, 1.807) is 28.4 Å². The number of alkyl halides is 1. The van der Waals surface area contributed by atoms with Gasteiger partial charge in [0, 0.05) is 46.4 Å². The van der Waals surface area contributed by atoms with Gasteiger partial charge in [0.25, 0.3) is 0 Å². The molecule has 5 nitrogen and oxygen atoms in total. The summed E-state index contributed by atoms with van der Waals surface area (Å²) in [5.41, 5.74) is 8.38. The Morgan fingerprint density at radius 3 is 1.55 bits per heavy atom. The summed E-state index contributed by atoms with van der Waals surface area (Å²) < 4.78 is 30.9. The third-order valence-electron chi connectivity index (χ3n) is 10.6. The Labute approximate surface area is 317 Å². The lowest BCUT2D eigenvalue weighted by Crippen LogP contribution is -2.57. The molecule has 3 aliphatic rings. The summed E-state index contributed by atoms with van der Waals surface area (Å²) in [6.07, 6.45) is 6.89. The van der Waals surface area contributed by atoms with E-state index in [-0.39, 0.29) is 10.8 Å². The van der Waals surface area contributed by atoms with E-state index >= 15 is 0 Å². The molecule has 0 fully saturated rings. The predicted molar refractivity (Wildman–Crippen MR) is 217 cm³/mol. The van der Waals surface area contributed by atoms with Gasteiger partial charge < -0.3 is 21.8 Å². The summed E-state index contributed by atoms with van der Waals surface area (Å²) >= 11 is 6.25. The second kappa shape index (κ2) is 18.5. The van der Waals surface area contributed by atoms with Crippen molar-refractivity contribution in [3.63, 3.8) is 0 Å². The van der Waals surface area contributed by atoms with E-state index < -0.39 is 17.6 Å². The zero-order valence-electron chi connectivity index (χ0n) is 33.2. The molecule has 0 saturated heterocycles. The molecule has 3 unspecified atom stereocenters. The van der Waals surface area contributed by atoms with E-state index in [4.69, 9.17) is 33.4 Å². The normalized spacial score (nSPS) is 21.0. The topological polar surface area (TPSA) is 46.2 Å². The van der Waals surface area contributed by atoms with E-state index in [9.17, 15) is 0 Å². The van der Waals surface area contributed by atoms with E-state index in [2.05, 4.69) is 114 Å². The van der Waals surface area contributed by atoms with Crippen LogP contribution in [-0.2, 0) is 40.5 Å². The molecule has 3 heterocycles. The maximum atomic E-state index is 6.74. The van der Waals surface area contributed by atoms with Gasteiger partial charge in [0.15, 0.2) is 0 Å². The van der Waals surface area contributed by atoms with Crippen LogP contribution in [0, 0.1) is 10.8 Å². The monoisotopic (exact) mass is 752 g/mol. The van der Waals surface area contributed by atoms with Crippen LogP contribution >= 0.6 is 11.6 Å². The SMILES string of the molecule is CO[Si]1(OC)CCCc2ccc(cc2)C(CC(C)(C)C)CC(C(CC(C)(C)C)c2ccc(CCl)cc2)c2ccc(cc2)CCC[Si](OC)(OC)O1. The first kappa shape index (κ1) is 41.9. The molecular weight excluding hydrogens is 688 g/mol. The fourth-order valence-corrected chi connectivity index (χ4v) is 14.5. The Bertz CT molecular complexity index is 1460. The van der Waals surface area contributed by atoms with Gasteiger partial charge in [-0.1, -0.05) is 114 Å². The standard InChI is InChI=1S/C43H65ClO5Si2/c1-42(2,3)30-39-29-40(41(31-43(4,5)6)38-25-19-35(32-44)20-26-38)37-23-17-34(18-24-37)14-12-28-51(47-9,48-10)49-50(45-7,46-8)27-11-13-33-15-21-36(39)22-16-33/h15-26,39-41H,11-14,27-32H2,1-10H3. The summed E-state index contributed by atoms with van der Waals surface area (Å²) in [6, 6.07) is 29.4. The lowest BCUT2D eigenvalue weighted by Gasteiger charge is -2.37. The molecule has 282 valence electrons. The van der Waals surface area contributed by atoms with Crippen molar-refractivity contribution in [2.45, 2.75) is 122 Å². The van der Waals surface area contributed by atoms with Crippen LogP contribution in [-0.4, -0.2) is 46.0 Å². The summed E-state index contributed by atoms with van der Waals surface area (Å²) in [4.78, 5) is 0. The van der Waals surface area contributed by atoms with Crippen molar-refractivity contribution >= 4 is 29.2 Å². The molecule has 8 heteroatoms. The molecule has 0 N–H and O–H groups in total. The van der Waals surface area contributed by atoms with Gasteiger partial charge in [0.1, 0.15) is 0 Å². The third-order valence-corrected chi connectivity index (χ3v) is 17.8. The van der Waals surface area contributed by atoms with Crippen LogP contribution in [0.1, 0.15) is 125 Å². The number of hydrogen-bond acceptors (Lipinski definition) is 5. The van der Waals surface area contributed by atoms with Crippen LogP contribution in [0.15, 0.2) is 72.8 Å². The quantitative estimate of drug-likeness (QED) is 0.161. The lowest BCUT2D eigenvalue weighted by atomic mass is 9.67. The maximum Gasteiger partial charge on any atom is 0.493 e. The first-order valence-electron chi connectivity index (χ1n) is 18.9. The highest BCUT2D eigenvalue weighted by atomic mass is 35.5. The summed E-state index contributed by atoms with van der Waals surface area (Å²) in [5.74, 6) is 1.65. The van der Waals surface area contributed by atoms with Crippen molar-refractivity contribution in [2.24, 2.45) is 10.8 Å². The van der Waals surface area contributed by atoms with Crippen LogP contribution in [0.4, 0.5) is 0 Å². The Morgan fingerprint density at radius 2 is 1.14 bits per heavy atom. The molecule has 0 spiro atoms. The second-order valence-corrected chi connectivity index (χ2v) is 23.5. The van der Waals surface area contributed by atoms with Crippen molar-refractivity contribution in [2.75, 3.05) is 28.4 Å². The van der Waals surface area contributed by atoms with Gasteiger partial charge in [-0.2, -0.15) is 0 Å². The smallest absolute Gasteiger partial charge is 0.377 e. The molecular formula is C43H65ClO5Si2. The highest BCUT2D eigenvalue weighted by molar-refractivity contribution is 6.75. The molecule has 4 bridgehead atoms. The molecule has 51 heavy (non-hydrogen) atoms. The van der Waals surface area contributed by atoms with Gasteiger partial charge in [-0.25, -0.2) is 0 Å². The molecule has 3 aromatic carbocycles. The minimum atomic E-state index is -3.04. The van der Waals surface area contributed by atoms with Crippen LogP contribution in [0.2, 0.25) is 12.1 Å². The highest BCUT2D eigenvalue weighted by Crippen LogP contribution is 2.48. The van der Waals surface area contributed by atoms with Crippen molar-refractivity contribution in [1.82, 2.24) is 0 Å². The lowest BCUT2D eigenvalue weighted by molar-refractivity contribution is 0.0860. The summed E-state index contributed by atoms with van der Waals surface area (Å²) in [6.45, 7) is 14.3. The molecule has 0 radical (unpaired) electrons. The molecule has 0 amide bonds. The fraction of sp³-hybridized carbons (Fsp3) is 0.581.